The van der Waals surface area contributed by atoms with Gasteiger partial charge in [0.15, 0.2) is 17.5 Å². The molecule has 0 spiro atoms. The molecule has 0 atom stereocenters. The van der Waals surface area contributed by atoms with Crippen LogP contribution in [0.4, 0.5) is 0 Å². The highest BCUT2D eigenvalue weighted by molar-refractivity contribution is 9.11. The lowest BCUT2D eigenvalue weighted by Crippen LogP contribution is -2.00. The van der Waals surface area contributed by atoms with Gasteiger partial charge in [0.2, 0.25) is 15.9 Å². The normalized spacial score (nSPS) is 11.0. The molecule has 340 valence electrons. The molecule has 0 fully saturated rings. The summed E-state index contributed by atoms with van der Waals surface area (Å²) in [6.07, 6.45) is 0. The van der Waals surface area contributed by atoms with E-state index in [1.54, 1.807) is 0 Å². The van der Waals surface area contributed by atoms with Crippen molar-refractivity contribution in [2.24, 2.45) is 0 Å². The predicted octanol–water partition coefficient (Wildman–Crippen LogP) is 19.3. The van der Waals surface area contributed by atoms with Crippen LogP contribution in [-0.4, -0.2) is 29.9 Å². The van der Waals surface area contributed by atoms with Gasteiger partial charge in [-0.1, -0.05) is 189 Å². The van der Waals surface area contributed by atoms with Crippen LogP contribution in [0.25, 0.3) is 96.1 Å². The van der Waals surface area contributed by atoms with E-state index in [2.05, 4.69) is 156 Å². The molecule has 4 heterocycles. The van der Waals surface area contributed by atoms with Crippen molar-refractivity contribution in [3.8, 4) is 34.2 Å². The van der Waals surface area contributed by atoms with Gasteiger partial charge in [-0.3, -0.25) is 0 Å². The standard InChI is InChI=1S/C31H18ClN3S.C16H9BrS.C6H5Br.C3Cl3N3/c32-21-12-8-11-20(17-21)30-33-29(19-9-2-1-3-10-19)34-31(35-30)26-18-25-23-14-6-7-16-27(23)36-28(25)24-15-5-4-13-22(24)26;17-14-9-13-11-6-3-4-8-15(11)18-16(13)12-7-2-1-5-10(12)14;7-6-4-2-1-3-5-6;4-1-7-2(5)9-3(6)8-1/h1-18H;1-9H;1-5H;. The van der Waals surface area contributed by atoms with Crippen LogP contribution in [0.3, 0.4) is 0 Å². The SMILES string of the molecule is Brc1cc2c3ccccc3sc2c2ccccc12.Brc1ccccc1.Clc1cccc(-c2nc(-c3ccccc3)nc(-c3cc4c5ccccc5sc4c4ccccc34)n2)c1.Clc1nc(Cl)nc(Cl)n1. The Hall–Kier alpha value is -5.92. The largest absolute Gasteiger partial charge is 0.227 e. The molecule has 0 radical (unpaired) electrons. The van der Waals surface area contributed by atoms with Gasteiger partial charge in [0.25, 0.3) is 0 Å². The third-order valence-electron chi connectivity index (χ3n) is 11.0. The smallest absolute Gasteiger partial charge is 0.208 e. The van der Waals surface area contributed by atoms with Crippen LogP contribution in [0.1, 0.15) is 0 Å². The zero-order valence-corrected chi connectivity index (χ0v) is 44.1. The zero-order chi connectivity index (χ0) is 48.1. The highest BCUT2D eigenvalue weighted by Crippen LogP contribution is 2.43. The van der Waals surface area contributed by atoms with Crippen molar-refractivity contribution in [2.45, 2.75) is 0 Å². The predicted molar refractivity (Wildman–Crippen MR) is 305 cm³/mol. The van der Waals surface area contributed by atoms with Crippen molar-refractivity contribution in [1.82, 2.24) is 29.9 Å². The van der Waals surface area contributed by atoms with Gasteiger partial charge in [-0.05, 0) is 94.1 Å². The quantitative estimate of drug-likeness (QED) is 0.175. The Morgan fingerprint density at radius 3 is 1.30 bits per heavy atom. The van der Waals surface area contributed by atoms with Gasteiger partial charge in [0.05, 0.1) is 0 Å². The first-order chi connectivity index (χ1) is 34.2. The second-order valence-corrected chi connectivity index (χ2v) is 20.8. The van der Waals surface area contributed by atoms with Crippen molar-refractivity contribution >= 4 is 163 Å². The van der Waals surface area contributed by atoms with Crippen LogP contribution >= 0.6 is 101 Å². The number of rotatable bonds is 3. The third-order valence-corrected chi connectivity index (χ3v) is 15.4. The molecule has 6 nitrogen and oxygen atoms in total. The Morgan fingerprint density at radius 2 is 0.757 bits per heavy atom. The molecule has 0 aliphatic carbocycles. The number of hydrogen-bond acceptors (Lipinski definition) is 8. The molecule has 0 N–H and O–H groups in total. The van der Waals surface area contributed by atoms with Gasteiger partial charge in [-0.25, -0.2) is 15.0 Å². The second-order valence-electron chi connectivity index (χ2n) is 15.4. The molecule has 0 unspecified atom stereocenters. The lowest BCUT2D eigenvalue weighted by molar-refractivity contribution is 1.05. The zero-order valence-electron chi connectivity index (χ0n) is 36.2. The molecule has 0 aliphatic heterocycles. The summed E-state index contributed by atoms with van der Waals surface area (Å²) in [5, 5.41) is 10.8. The molecule has 0 aliphatic rings. The first kappa shape index (κ1) is 47.7. The fourth-order valence-electron chi connectivity index (χ4n) is 7.92. The summed E-state index contributed by atoms with van der Waals surface area (Å²) < 4.78 is 7.60. The Kier molecular flexibility index (Phi) is 14.7. The van der Waals surface area contributed by atoms with Crippen LogP contribution in [-0.2, 0) is 0 Å². The lowest BCUT2D eigenvalue weighted by Gasteiger charge is -2.11. The molecule has 4 aromatic heterocycles. The molecular weight excluding hydrogens is 1120 g/mol. The first-order valence-corrected chi connectivity index (χ1v) is 26.2. The van der Waals surface area contributed by atoms with Crippen molar-refractivity contribution in [1.29, 1.82) is 0 Å². The maximum absolute atomic E-state index is 6.32. The summed E-state index contributed by atoms with van der Waals surface area (Å²) >= 11 is 33.0. The molecule has 0 amide bonds. The number of halogens is 6. The van der Waals surface area contributed by atoms with E-state index in [1.807, 2.05) is 108 Å². The minimum absolute atomic E-state index is 0.000000000000000444. The fraction of sp³-hybridized carbons (Fsp3) is 0. The van der Waals surface area contributed by atoms with Gasteiger partial charge in [0.1, 0.15) is 0 Å². The van der Waals surface area contributed by atoms with Crippen LogP contribution in [0.2, 0.25) is 20.9 Å². The summed E-state index contributed by atoms with van der Waals surface area (Å²) in [4.78, 5) is 25.2. The van der Waals surface area contributed by atoms with E-state index in [9.17, 15) is 0 Å². The molecule has 13 rings (SSSR count). The minimum atomic E-state index is 0.000000000000000444. The number of aromatic nitrogens is 6. The highest BCUT2D eigenvalue weighted by Gasteiger charge is 2.18. The van der Waals surface area contributed by atoms with E-state index in [4.69, 9.17) is 61.4 Å². The highest BCUT2D eigenvalue weighted by atomic mass is 79.9. The maximum atomic E-state index is 6.32. The Labute approximate surface area is 446 Å². The third kappa shape index (κ3) is 10.6. The average Bonchev–Trinajstić information content (AvgIpc) is 3.96. The maximum Gasteiger partial charge on any atom is 0.227 e. The van der Waals surface area contributed by atoms with Gasteiger partial charge >= 0.3 is 0 Å². The summed E-state index contributed by atoms with van der Waals surface area (Å²) in [6.45, 7) is 0. The van der Waals surface area contributed by atoms with E-state index in [0.29, 0.717) is 22.5 Å². The van der Waals surface area contributed by atoms with Gasteiger partial charge in [-0.15, -0.1) is 22.7 Å². The van der Waals surface area contributed by atoms with Crippen LogP contribution in [0.5, 0.6) is 0 Å². The topological polar surface area (TPSA) is 77.3 Å². The van der Waals surface area contributed by atoms with E-state index in [1.165, 1.54) is 61.0 Å². The van der Waals surface area contributed by atoms with Crippen molar-refractivity contribution in [3.05, 3.63) is 224 Å². The lowest BCUT2D eigenvalue weighted by atomic mass is 10.00. The first-order valence-electron chi connectivity index (χ1n) is 21.5. The van der Waals surface area contributed by atoms with Gasteiger partial charge in [0, 0.05) is 81.8 Å². The summed E-state index contributed by atoms with van der Waals surface area (Å²) in [5.74, 6) is 1.88. The van der Waals surface area contributed by atoms with Gasteiger partial charge in [-0.2, -0.15) is 15.0 Å². The van der Waals surface area contributed by atoms with E-state index < -0.39 is 0 Å². The van der Waals surface area contributed by atoms with Crippen LogP contribution in [0.15, 0.2) is 203 Å². The average molecular weight is 1150 g/mol. The fourth-order valence-corrected chi connectivity index (χ4v) is 12.0. The van der Waals surface area contributed by atoms with Crippen molar-refractivity contribution in [2.75, 3.05) is 0 Å². The van der Waals surface area contributed by atoms with E-state index in [-0.39, 0.29) is 15.9 Å². The molecule has 9 aromatic carbocycles. The van der Waals surface area contributed by atoms with Crippen molar-refractivity contribution in [3.63, 3.8) is 0 Å². The molecule has 70 heavy (non-hydrogen) atoms. The Morgan fingerprint density at radius 1 is 0.329 bits per heavy atom. The monoisotopic (exact) mass is 1150 g/mol. The Bertz CT molecular complexity index is 3960. The van der Waals surface area contributed by atoms with Crippen LogP contribution in [0, 0.1) is 0 Å². The Balaban J connectivity index is 0.000000136. The van der Waals surface area contributed by atoms with Gasteiger partial charge < -0.3 is 0 Å². The number of hydrogen-bond donors (Lipinski definition) is 0. The minimum Gasteiger partial charge on any atom is -0.208 e. The van der Waals surface area contributed by atoms with Crippen molar-refractivity contribution < 1.29 is 0 Å². The molecule has 0 saturated heterocycles. The van der Waals surface area contributed by atoms with E-state index in [0.717, 1.165) is 26.5 Å². The molecule has 13 aromatic rings. The number of nitrogens with zero attached hydrogens (tertiary/aromatic N) is 6. The molecular formula is C56H32Br2Cl4N6S2. The summed E-state index contributed by atoms with van der Waals surface area (Å²) in [7, 11) is 0. The summed E-state index contributed by atoms with van der Waals surface area (Å²) in [5.41, 5.74) is 2.79. The number of fused-ring (bicyclic) bond motifs is 10. The number of thiophene rings is 2. The molecule has 14 heteroatoms. The van der Waals surface area contributed by atoms with Crippen LogP contribution < -0.4 is 0 Å². The number of benzene rings is 9. The molecule has 0 saturated carbocycles. The second kappa shape index (κ2) is 21.6. The molecule has 0 bridgehead atoms. The summed E-state index contributed by atoms with van der Waals surface area (Å²) in [6, 6.07) is 66.4. The van der Waals surface area contributed by atoms with E-state index >= 15 is 0 Å².